The first-order chi connectivity index (χ1) is 14.1. The van der Waals surface area contributed by atoms with Gasteiger partial charge in [0.15, 0.2) is 0 Å². The summed E-state index contributed by atoms with van der Waals surface area (Å²) in [5, 5.41) is 0. The number of likely N-dealkylation sites (tertiary alicyclic amines) is 2. The van der Waals surface area contributed by atoms with E-state index in [9.17, 15) is 4.79 Å². The first kappa shape index (κ1) is 19.9. The minimum atomic E-state index is 0.285. The van der Waals surface area contributed by atoms with Gasteiger partial charge >= 0.3 is 0 Å². The summed E-state index contributed by atoms with van der Waals surface area (Å²) in [7, 11) is 1.72. The van der Waals surface area contributed by atoms with Gasteiger partial charge in [-0.25, -0.2) is 0 Å². The van der Waals surface area contributed by atoms with E-state index in [1.807, 2.05) is 12.1 Å². The third kappa shape index (κ3) is 4.61. The Morgan fingerprint density at radius 1 is 1.03 bits per heavy atom. The summed E-state index contributed by atoms with van der Waals surface area (Å²) in [4.78, 5) is 21.2. The molecule has 29 heavy (non-hydrogen) atoms. The molecule has 2 aliphatic heterocycles. The van der Waals surface area contributed by atoms with Crippen LogP contribution in [0, 0.1) is 12.3 Å². The van der Waals surface area contributed by atoms with Crippen LogP contribution in [0.5, 0.6) is 5.75 Å². The number of methoxy groups -OCH3 is 1. The normalized spacial score (nSPS) is 19.5. The summed E-state index contributed by atoms with van der Waals surface area (Å²) in [5.74, 6) is 1.25. The number of hydrogen-bond acceptors (Lipinski definition) is 4. The molecule has 5 heteroatoms. The number of benzene rings is 1. The molecule has 1 spiro atoms. The zero-order valence-electron chi connectivity index (χ0n) is 17.6. The van der Waals surface area contributed by atoms with Gasteiger partial charge in [0.05, 0.1) is 7.11 Å². The van der Waals surface area contributed by atoms with Crippen molar-refractivity contribution in [3.05, 3.63) is 59.4 Å². The summed E-state index contributed by atoms with van der Waals surface area (Å²) in [6.07, 6.45) is 7.67. The number of rotatable bonds is 5. The molecule has 2 saturated heterocycles. The highest BCUT2D eigenvalue weighted by Gasteiger charge is 2.40. The first-order valence-corrected chi connectivity index (χ1v) is 10.6. The summed E-state index contributed by atoms with van der Waals surface area (Å²) >= 11 is 0. The molecule has 1 amide bonds. The molecule has 0 bridgehead atoms. The molecule has 0 saturated carbocycles. The number of piperidine rings is 2. The van der Waals surface area contributed by atoms with Crippen LogP contribution in [-0.2, 0) is 17.9 Å². The molecular weight excluding hydrogens is 362 g/mol. The Labute approximate surface area is 173 Å². The highest BCUT2D eigenvalue weighted by molar-refractivity contribution is 5.77. The van der Waals surface area contributed by atoms with Crippen molar-refractivity contribution in [2.45, 2.75) is 45.7 Å². The van der Waals surface area contributed by atoms with E-state index in [0.717, 1.165) is 43.9 Å². The second kappa shape index (κ2) is 8.54. The highest BCUT2D eigenvalue weighted by atomic mass is 16.5. The van der Waals surface area contributed by atoms with Crippen molar-refractivity contribution in [3.63, 3.8) is 0 Å². The topological polar surface area (TPSA) is 45.7 Å². The average molecular weight is 394 g/mol. The Hall–Kier alpha value is -2.40. The summed E-state index contributed by atoms with van der Waals surface area (Å²) in [6, 6.07) is 10.5. The Morgan fingerprint density at radius 3 is 2.48 bits per heavy atom. The fourth-order valence-electron chi connectivity index (χ4n) is 4.85. The number of nitrogens with zero attached hydrogens (tertiary/aromatic N) is 3. The Kier molecular flexibility index (Phi) is 5.86. The highest BCUT2D eigenvalue weighted by Crippen LogP contribution is 2.41. The van der Waals surface area contributed by atoms with Crippen molar-refractivity contribution < 1.29 is 9.53 Å². The summed E-state index contributed by atoms with van der Waals surface area (Å²) in [6.45, 7) is 6.89. The van der Waals surface area contributed by atoms with Crippen molar-refractivity contribution in [1.82, 2.24) is 14.8 Å². The van der Waals surface area contributed by atoms with Crippen LogP contribution < -0.4 is 4.74 Å². The second-order valence-corrected chi connectivity index (χ2v) is 8.69. The van der Waals surface area contributed by atoms with Gasteiger partial charge in [-0.2, -0.15) is 0 Å². The van der Waals surface area contributed by atoms with Crippen molar-refractivity contribution in [3.8, 4) is 5.75 Å². The van der Waals surface area contributed by atoms with Crippen molar-refractivity contribution in [2.75, 3.05) is 26.7 Å². The van der Waals surface area contributed by atoms with Gasteiger partial charge in [0.1, 0.15) is 5.75 Å². The summed E-state index contributed by atoms with van der Waals surface area (Å²) in [5.41, 5.74) is 3.99. The van der Waals surface area contributed by atoms with Gasteiger partial charge < -0.3 is 9.64 Å². The number of aromatic nitrogens is 1. The monoisotopic (exact) mass is 393 g/mol. The zero-order chi connectivity index (χ0) is 20.3. The number of pyridine rings is 1. The van der Waals surface area contributed by atoms with Gasteiger partial charge in [0, 0.05) is 38.4 Å². The fourth-order valence-corrected chi connectivity index (χ4v) is 4.85. The molecule has 1 aromatic carbocycles. The van der Waals surface area contributed by atoms with Gasteiger partial charge in [-0.05, 0) is 79.6 Å². The van der Waals surface area contributed by atoms with Crippen molar-refractivity contribution in [1.29, 1.82) is 0 Å². The molecule has 2 aromatic rings. The number of carbonyl (C=O) groups excluding carboxylic acids is 1. The molecule has 4 rings (SSSR count). The molecule has 0 N–H and O–H groups in total. The van der Waals surface area contributed by atoms with E-state index in [-0.39, 0.29) is 5.41 Å². The van der Waals surface area contributed by atoms with E-state index in [4.69, 9.17) is 4.74 Å². The number of amides is 1. The van der Waals surface area contributed by atoms with Crippen LogP contribution in [0.25, 0.3) is 0 Å². The van der Waals surface area contributed by atoms with E-state index in [2.05, 4.69) is 39.9 Å². The van der Waals surface area contributed by atoms with Gasteiger partial charge in [-0.15, -0.1) is 0 Å². The van der Waals surface area contributed by atoms with Gasteiger partial charge in [-0.1, -0.05) is 12.1 Å². The number of aryl methyl sites for hydroxylation is 1. The number of carbonyl (C=O) groups is 1. The van der Waals surface area contributed by atoms with E-state index < -0.39 is 0 Å². The standard InChI is InChI=1S/C24H31N3O2/c1-19-15-21(3-4-22(19)29-2)16-26-13-9-24(10-14-26)8-5-23(28)27(18-24)17-20-6-11-25-12-7-20/h3-4,6-7,11-12,15H,5,8-10,13-14,16-18H2,1-2H3. The van der Waals surface area contributed by atoms with E-state index in [1.165, 1.54) is 24.0 Å². The molecule has 0 atom stereocenters. The van der Waals surface area contributed by atoms with Crippen LogP contribution in [0.1, 0.15) is 42.4 Å². The lowest BCUT2D eigenvalue weighted by atomic mass is 9.72. The molecule has 0 aliphatic carbocycles. The van der Waals surface area contributed by atoms with Crippen LogP contribution in [0.15, 0.2) is 42.7 Å². The third-order valence-electron chi connectivity index (χ3n) is 6.65. The van der Waals surface area contributed by atoms with E-state index >= 15 is 0 Å². The van der Waals surface area contributed by atoms with Crippen LogP contribution in [0.4, 0.5) is 0 Å². The Balaban J connectivity index is 1.35. The summed E-state index contributed by atoms with van der Waals surface area (Å²) < 4.78 is 5.38. The van der Waals surface area contributed by atoms with Crippen LogP contribution >= 0.6 is 0 Å². The molecule has 154 valence electrons. The largest absolute Gasteiger partial charge is 0.496 e. The minimum absolute atomic E-state index is 0.285. The van der Waals surface area contributed by atoms with E-state index in [0.29, 0.717) is 18.9 Å². The predicted molar refractivity (Wildman–Crippen MR) is 114 cm³/mol. The molecular formula is C24H31N3O2. The maximum Gasteiger partial charge on any atom is 0.222 e. The molecule has 5 nitrogen and oxygen atoms in total. The number of hydrogen-bond donors (Lipinski definition) is 0. The van der Waals surface area contributed by atoms with Gasteiger partial charge in [0.2, 0.25) is 5.91 Å². The van der Waals surface area contributed by atoms with Crippen LogP contribution in [0.3, 0.4) is 0 Å². The molecule has 1 aromatic heterocycles. The average Bonchev–Trinajstić information content (AvgIpc) is 2.74. The third-order valence-corrected chi connectivity index (χ3v) is 6.65. The molecule has 0 unspecified atom stereocenters. The molecule has 2 fully saturated rings. The molecule has 0 radical (unpaired) electrons. The van der Waals surface area contributed by atoms with Crippen LogP contribution in [0.2, 0.25) is 0 Å². The Morgan fingerprint density at radius 2 is 1.79 bits per heavy atom. The second-order valence-electron chi connectivity index (χ2n) is 8.69. The lowest BCUT2D eigenvalue weighted by Gasteiger charge is -2.47. The lowest BCUT2D eigenvalue weighted by Crippen LogP contribution is -2.51. The first-order valence-electron chi connectivity index (χ1n) is 10.6. The maximum atomic E-state index is 12.5. The maximum absolute atomic E-state index is 12.5. The van der Waals surface area contributed by atoms with E-state index in [1.54, 1.807) is 19.5 Å². The smallest absolute Gasteiger partial charge is 0.222 e. The quantitative estimate of drug-likeness (QED) is 0.775. The SMILES string of the molecule is COc1ccc(CN2CCC3(CCC(=O)N(Cc4ccncc4)C3)CC2)cc1C. The Bertz CT molecular complexity index is 844. The van der Waals surface area contributed by atoms with Gasteiger partial charge in [-0.3, -0.25) is 14.7 Å². The predicted octanol–water partition coefficient (Wildman–Crippen LogP) is 3.80. The lowest BCUT2D eigenvalue weighted by molar-refractivity contribution is -0.140. The zero-order valence-corrected chi connectivity index (χ0v) is 17.6. The molecule has 2 aliphatic rings. The van der Waals surface area contributed by atoms with Crippen molar-refractivity contribution in [2.24, 2.45) is 5.41 Å². The molecule has 3 heterocycles. The minimum Gasteiger partial charge on any atom is -0.496 e. The number of ether oxygens (including phenoxy) is 1. The fraction of sp³-hybridized carbons (Fsp3) is 0.500. The van der Waals surface area contributed by atoms with Crippen LogP contribution in [-0.4, -0.2) is 47.4 Å². The van der Waals surface area contributed by atoms with Crippen molar-refractivity contribution >= 4 is 5.91 Å². The van der Waals surface area contributed by atoms with Gasteiger partial charge in [0.25, 0.3) is 0 Å².